The van der Waals surface area contributed by atoms with E-state index in [4.69, 9.17) is 15.8 Å². The third-order valence-electron chi connectivity index (χ3n) is 3.94. The molecule has 0 aliphatic heterocycles. The van der Waals surface area contributed by atoms with Gasteiger partial charge in [0.25, 0.3) is 5.91 Å². The molecular formula is C18H25N3O6S. The second-order valence-corrected chi connectivity index (χ2v) is 8.04. The average Bonchev–Trinajstić information content (AvgIpc) is 2.67. The van der Waals surface area contributed by atoms with Crippen LogP contribution in [0.25, 0.3) is 0 Å². The Labute approximate surface area is 164 Å². The predicted octanol–water partition coefficient (Wildman–Crippen LogP) is 0.629. The molecule has 1 aromatic carbocycles. The third-order valence-corrected chi connectivity index (χ3v) is 6.07. The maximum absolute atomic E-state index is 12.8. The number of nitrogens with zero attached hydrogens (tertiary/aromatic N) is 1. The molecule has 0 aliphatic carbocycles. The van der Waals surface area contributed by atoms with Crippen LogP contribution >= 0.6 is 0 Å². The summed E-state index contributed by atoms with van der Waals surface area (Å²) in [6, 6.07) is 5.60. The summed E-state index contributed by atoms with van der Waals surface area (Å²) in [4.78, 5) is 22.9. The molecule has 4 N–H and O–H groups in total. The summed E-state index contributed by atoms with van der Waals surface area (Å²) >= 11 is 0. The zero-order valence-electron chi connectivity index (χ0n) is 15.8. The van der Waals surface area contributed by atoms with E-state index in [0.717, 1.165) is 5.01 Å². The SMILES string of the molecule is CC#CCOc1ccc(S(=O)(=O)C(CCCCN(N)C(C)=O)C(=O)NO)cc1. The van der Waals surface area contributed by atoms with E-state index in [1.165, 1.54) is 36.7 Å². The molecular weight excluding hydrogens is 386 g/mol. The van der Waals surface area contributed by atoms with Crippen LogP contribution in [0, 0.1) is 11.8 Å². The number of nitrogens with two attached hydrogens (primary N) is 1. The van der Waals surface area contributed by atoms with Crippen LogP contribution in [0.1, 0.15) is 33.1 Å². The minimum atomic E-state index is -4.04. The van der Waals surface area contributed by atoms with Gasteiger partial charge in [-0.3, -0.25) is 19.8 Å². The molecule has 0 fully saturated rings. The summed E-state index contributed by atoms with van der Waals surface area (Å²) in [7, 11) is -4.04. The second kappa shape index (κ2) is 11.3. The van der Waals surface area contributed by atoms with E-state index in [1.54, 1.807) is 6.92 Å². The number of hydrogen-bond donors (Lipinski definition) is 3. The number of nitrogens with one attached hydrogen (secondary N) is 1. The summed E-state index contributed by atoms with van der Waals surface area (Å²) in [5, 5.41) is 8.47. The first-order chi connectivity index (χ1) is 13.2. The zero-order valence-corrected chi connectivity index (χ0v) is 16.7. The molecule has 0 bridgehead atoms. The van der Waals surface area contributed by atoms with Gasteiger partial charge >= 0.3 is 0 Å². The Morgan fingerprint density at radius 3 is 2.46 bits per heavy atom. The quantitative estimate of drug-likeness (QED) is 0.128. The highest BCUT2D eigenvalue weighted by Crippen LogP contribution is 2.23. The Balaban J connectivity index is 2.85. The van der Waals surface area contributed by atoms with Crippen molar-refractivity contribution in [1.82, 2.24) is 10.5 Å². The number of rotatable bonds is 10. The van der Waals surface area contributed by atoms with Crippen LogP contribution in [0.15, 0.2) is 29.2 Å². The fraction of sp³-hybridized carbons (Fsp3) is 0.444. The normalized spacial score (nSPS) is 11.7. The number of benzene rings is 1. The first-order valence-corrected chi connectivity index (χ1v) is 10.1. The molecule has 2 amide bonds. The lowest BCUT2D eigenvalue weighted by molar-refractivity contribution is -0.130. The third kappa shape index (κ3) is 6.84. The molecule has 0 spiro atoms. The standard InChI is InChI=1S/C18H25N3O6S/c1-3-4-13-27-15-8-10-16(11-9-15)28(25,26)17(18(23)20-24)7-5-6-12-21(19)14(2)22/h8-11,17,24H,5-7,12-13,19H2,1-2H3,(H,20,23). The van der Waals surface area contributed by atoms with Gasteiger partial charge in [-0.05, 0) is 50.5 Å². The number of unbranched alkanes of at least 4 members (excludes halogenated alkanes) is 1. The molecule has 0 saturated heterocycles. The summed E-state index contributed by atoms with van der Waals surface area (Å²) in [6.07, 6.45) is 0.687. The van der Waals surface area contributed by atoms with Crippen LogP contribution in [-0.2, 0) is 19.4 Å². The Bertz CT molecular complexity index is 827. The van der Waals surface area contributed by atoms with Crippen molar-refractivity contribution < 1.29 is 28.0 Å². The van der Waals surface area contributed by atoms with Gasteiger partial charge in [0, 0.05) is 13.5 Å². The maximum atomic E-state index is 12.8. The fourth-order valence-corrected chi connectivity index (χ4v) is 4.01. The van der Waals surface area contributed by atoms with Crippen molar-refractivity contribution in [1.29, 1.82) is 0 Å². The monoisotopic (exact) mass is 411 g/mol. The number of hydrazine groups is 1. The molecule has 0 aliphatic rings. The van der Waals surface area contributed by atoms with E-state index >= 15 is 0 Å². The largest absolute Gasteiger partial charge is 0.481 e. The summed E-state index contributed by atoms with van der Waals surface area (Å²) in [6.45, 7) is 3.40. The second-order valence-electron chi connectivity index (χ2n) is 5.90. The fourth-order valence-electron chi connectivity index (χ4n) is 2.35. The molecule has 1 rings (SSSR count). The summed E-state index contributed by atoms with van der Waals surface area (Å²) < 4.78 is 31.0. The Morgan fingerprint density at radius 1 is 1.29 bits per heavy atom. The molecule has 1 atom stereocenters. The molecule has 1 unspecified atom stereocenters. The average molecular weight is 411 g/mol. The zero-order chi connectivity index (χ0) is 21.2. The van der Waals surface area contributed by atoms with Gasteiger partial charge < -0.3 is 4.74 Å². The van der Waals surface area contributed by atoms with Crippen LogP contribution in [0.3, 0.4) is 0 Å². The lowest BCUT2D eigenvalue weighted by atomic mass is 10.2. The van der Waals surface area contributed by atoms with Crippen molar-refractivity contribution in [2.45, 2.75) is 43.3 Å². The molecule has 0 heterocycles. The number of sulfone groups is 1. The van der Waals surface area contributed by atoms with Crippen molar-refractivity contribution in [3.63, 3.8) is 0 Å². The van der Waals surface area contributed by atoms with Gasteiger partial charge in [0.05, 0.1) is 4.90 Å². The molecule has 154 valence electrons. The van der Waals surface area contributed by atoms with Crippen molar-refractivity contribution in [2.75, 3.05) is 13.2 Å². The van der Waals surface area contributed by atoms with Crippen molar-refractivity contribution >= 4 is 21.7 Å². The van der Waals surface area contributed by atoms with Gasteiger partial charge in [0.1, 0.15) is 17.6 Å². The van der Waals surface area contributed by atoms with Gasteiger partial charge in [-0.1, -0.05) is 5.92 Å². The van der Waals surface area contributed by atoms with Gasteiger partial charge in [-0.2, -0.15) is 0 Å². The van der Waals surface area contributed by atoms with E-state index in [-0.39, 0.29) is 30.4 Å². The van der Waals surface area contributed by atoms with E-state index in [1.807, 2.05) is 0 Å². The lowest BCUT2D eigenvalue weighted by Crippen LogP contribution is -2.39. The minimum absolute atomic E-state index is 0.0369. The number of ether oxygens (including phenoxy) is 1. The minimum Gasteiger partial charge on any atom is -0.481 e. The van der Waals surface area contributed by atoms with Crippen LogP contribution < -0.4 is 16.1 Å². The molecule has 28 heavy (non-hydrogen) atoms. The van der Waals surface area contributed by atoms with E-state index in [9.17, 15) is 18.0 Å². The molecule has 0 saturated carbocycles. The van der Waals surface area contributed by atoms with Gasteiger partial charge in [0.2, 0.25) is 5.91 Å². The van der Waals surface area contributed by atoms with Crippen molar-refractivity contribution in [3.8, 4) is 17.6 Å². The molecule has 0 aromatic heterocycles. The molecule has 10 heteroatoms. The maximum Gasteiger partial charge on any atom is 0.262 e. The van der Waals surface area contributed by atoms with E-state index in [0.29, 0.717) is 18.6 Å². The molecule has 9 nitrogen and oxygen atoms in total. The Morgan fingerprint density at radius 2 is 1.93 bits per heavy atom. The Kier molecular flexibility index (Phi) is 9.44. The van der Waals surface area contributed by atoms with Crippen molar-refractivity contribution in [3.05, 3.63) is 24.3 Å². The van der Waals surface area contributed by atoms with Crippen molar-refractivity contribution in [2.24, 2.45) is 5.84 Å². The first-order valence-electron chi connectivity index (χ1n) is 8.57. The van der Waals surface area contributed by atoms with Gasteiger partial charge in [-0.15, -0.1) is 5.92 Å². The highest BCUT2D eigenvalue weighted by atomic mass is 32.2. The number of carbonyl (C=O) groups excluding carboxylic acids is 2. The number of hydroxylamine groups is 1. The summed E-state index contributed by atoms with van der Waals surface area (Å²) in [5.41, 5.74) is 1.41. The number of hydrogen-bond acceptors (Lipinski definition) is 7. The number of amides is 2. The number of carbonyl (C=O) groups is 2. The highest BCUT2D eigenvalue weighted by Gasteiger charge is 2.33. The summed E-state index contributed by atoms with van der Waals surface area (Å²) in [5.74, 6) is 9.99. The molecule has 1 aromatic rings. The molecule has 0 radical (unpaired) electrons. The first kappa shape index (κ1) is 23.4. The topological polar surface area (TPSA) is 139 Å². The predicted molar refractivity (Wildman–Crippen MR) is 102 cm³/mol. The van der Waals surface area contributed by atoms with Gasteiger partial charge in [0.15, 0.2) is 9.84 Å². The van der Waals surface area contributed by atoms with E-state index < -0.39 is 21.0 Å². The Hall–Kier alpha value is -2.61. The smallest absolute Gasteiger partial charge is 0.262 e. The van der Waals surface area contributed by atoms with Crippen LogP contribution in [-0.4, -0.2) is 48.8 Å². The van der Waals surface area contributed by atoms with Crippen LogP contribution in [0.2, 0.25) is 0 Å². The van der Waals surface area contributed by atoms with E-state index in [2.05, 4.69) is 11.8 Å². The van der Waals surface area contributed by atoms with Gasteiger partial charge in [-0.25, -0.2) is 19.7 Å². The van der Waals surface area contributed by atoms with Crippen LogP contribution in [0.4, 0.5) is 0 Å². The lowest BCUT2D eigenvalue weighted by Gasteiger charge is -2.17. The van der Waals surface area contributed by atoms with Crippen LogP contribution in [0.5, 0.6) is 5.75 Å². The highest BCUT2D eigenvalue weighted by molar-refractivity contribution is 7.92.